The molecule has 6 nitrogen and oxygen atoms in total. The number of aryl methyl sites for hydroxylation is 1. The summed E-state index contributed by atoms with van der Waals surface area (Å²) in [7, 11) is 1.57. The van der Waals surface area contributed by atoms with Crippen LogP contribution in [0.1, 0.15) is 15.9 Å². The third-order valence-electron chi connectivity index (χ3n) is 5.01. The van der Waals surface area contributed by atoms with Crippen molar-refractivity contribution in [2.75, 3.05) is 51.4 Å². The zero-order chi connectivity index (χ0) is 18.8. The molecule has 2 aromatic carbocycles. The first-order valence-corrected chi connectivity index (χ1v) is 9.24. The number of methoxy groups -OCH3 is 1. The van der Waals surface area contributed by atoms with E-state index in [1.165, 1.54) is 11.3 Å². The minimum Gasteiger partial charge on any atom is -0.493 e. The Bertz CT molecular complexity index is 827. The van der Waals surface area contributed by atoms with Gasteiger partial charge in [-0.25, -0.2) is 0 Å². The van der Waals surface area contributed by atoms with Crippen LogP contribution >= 0.6 is 0 Å². The molecule has 2 aromatic rings. The number of piperazine rings is 1. The maximum absolute atomic E-state index is 13.0. The van der Waals surface area contributed by atoms with Crippen molar-refractivity contribution in [2.24, 2.45) is 0 Å². The summed E-state index contributed by atoms with van der Waals surface area (Å²) in [5.41, 5.74) is 3.03. The number of hydrogen-bond donors (Lipinski definition) is 0. The third-order valence-corrected chi connectivity index (χ3v) is 5.01. The van der Waals surface area contributed by atoms with Gasteiger partial charge in [-0.3, -0.25) is 4.79 Å². The zero-order valence-electron chi connectivity index (χ0n) is 15.7. The molecule has 0 saturated carbocycles. The summed E-state index contributed by atoms with van der Waals surface area (Å²) in [5, 5.41) is 0. The zero-order valence-corrected chi connectivity index (χ0v) is 15.7. The summed E-state index contributed by atoms with van der Waals surface area (Å²) in [5.74, 6) is 1.68. The minimum absolute atomic E-state index is 0.00540. The van der Waals surface area contributed by atoms with Crippen LogP contribution in [0.2, 0.25) is 0 Å². The van der Waals surface area contributed by atoms with Gasteiger partial charge in [0, 0.05) is 37.4 Å². The van der Waals surface area contributed by atoms with Gasteiger partial charge in [-0.2, -0.15) is 0 Å². The first-order chi connectivity index (χ1) is 13.2. The topological polar surface area (TPSA) is 51.2 Å². The van der Waals surface area contributed by atoms with Crippen molar-refractivity contribution in [3.05, 3.63) is 47.5 Å². The summed E-state index contributed by atoms with van der Waals surface area (Å²) >= 11 is 0. The van der Waals surface area contributed by atoms with Gasteiger partial charge in [0.15, 0.2) is 11.5 Å². The van der Waals surface area contributed by atoms with Gasteiger partial charge < -0.3 is 24.0 Å². The van der Waals surface area contributed by atoms with Crippen LogP contribution in [-0.4, -0.2) is 57.3 Å². The third kappa shape index (κ3) is 3.52. The number of anilines is 1. The second-order valence-electron chi connectivity index (χ2n) is 6.82. The number of ether oxygens (including phenoxy) is 3. The van der Waals surface area contributed by atoms with E-state index in [4.69, 9.17) is 14.2 Å². The Hall–Kier alpha value is -2.89. The molecule has 2 heterocycles. The van der Waals surface area contributed by atoms with Gasteiger partial charge in [-0.1, -0.05) is 12.1 Å². The molecule has 0 bridgehead atoms. The van der Waals surface area contributed by atoms with E-state index in [1.54, 1.807) is 19.2 Å². The fraction of sp³-hybridized carbons (Fsp3) is 0.381. The number of carbonyl (C=O) groups excluding carboxylic acids is 1. The Balaban J connectivity index is 1.48. The summed E-state index contributed by atoms with van der Waals surface area (Å²) in [6, 6.07) is 12.0. The first-order valence-electron chi connectivity index (χ1n) is 9.24. The van der Waals surface area contributed by atoms with Crippen molar-refractivity contribution in [3.8, 4) is 17.2 Å². The van der Waals surface area contributed by atoms with Gasteiger partial charge in [-0.15, -0.1) is 0 Å². The lowest BCUT2D eigenvalue weighted by molar-refractivity contribution is 0.0745. The highest BCUT2D eigenvalue weighted by Gasteiger charge is 2.26. The lowest BCUT2D eigenvalue weighted by atomic mass is 10.1. The van der Waals surface area contributed by atoms with Crippen LogP contribution in [0.25, 0.3) is 0 Å². The second-order valence-corrected chi connectivity index (χ2v) is 6.82. The van der Waals surface area contributed by atoms with E-state index < -0.39 is 0 Å². The molecule has 0 aromatic heterocycles. The van der Waals surface area contributed by atoms with Crippen LogP contribution in [0.5, 0.6) is 17.2 Å². The van der Waals surface area contributed by atoms with Gasteiger partial charge in [0.1, 0.15) is 13.2 Å². The molecule has 1 amide bonds. The molecule has 142 valence electrons. The van der Waals surface area contributed by atoms with E-state index in [-0.39, 0.29) is 5.91 Å². The van der Waals surface area contributed by atoms with Gasteiger partial charge in [0.25, 0.3) is 5.91 Å². The quantitative estimate of drug-likeness (QED) is 0.834. The second kappa shape index (κ2) is 7.39. The summed E-state index contributed by atoms with van der Waals surface area (Å²) in [6.45, 7) is 6.06. The Morgan fingerprint density at radius 2 is 1.81 bits per heavy atom. The van der Waals surface area contributed by atoms with Crippen molar-refractivity contribution in [1.29, 1.82) is 0 Å². The SMILES string of the molecule is COc1cc(C(=O)N2CCN(c3cccc(C)c3)CC2)cc2c1OCCO2. The molecule has 0 N–H and O–H groups in total. The monoisotopic (exact) mass is 368 g/mol. The molecular formula is C21H24N2O4. The number of fused-ring (bicyclic) bond motifs is 1. The first kappa shape index (κ1) is 17.5. The molecule has 1 fully saturated rings. The molecule has 6 heteroatoms. The predicted molar refractivity (Wildman–Crippen MR) is 103 cm³/mol. The number of benzene rings is 2. The van der Waals surface area contributed by atoms with E-state index in [9.17, 15) is 4.79 Å². The average Bonchev–Trinajstić information content (AvgIpc) is 2.72. The maximum Gasteiger partial charge on any atom is 0.254 e. The fourth-order valence-corrected chi connectivity index (χ4v) is 3.57. The van der Waals surface area contributed by atoms with Crippen molar-refractivity contribution < 1.29 is 19.0 Å². The molecule has 4 rings (SSSR count). The molecule has 0 atom stereocenters. The van der Waals surface area contributed by atoms with Crippen LogP contribution in [0, 0.1) is 6.92 Å². The highest BCUT2D eigenvalue weighted by molar-refractivity contribution is 5.96. The highest BCUT2D eigenvalue weighted by atomic mass is 16.6. The van der Waals surface area contributed by atoms with Crippen LogP contribution < -0.4 is 19.1 Å². The normalized spacial score (nSPS) is 16.2. The Labute approximate surface area is 159 Å². The molecule has 0 radical (unpaired) electrons. The van der Waals surface area contributed by atoms with Gasteiger partial charge in [0.2, 0.25) is 5.75 Å². The molecule has 0 aliphatic carbocycles. The number of carbonyl (C=O) groups is 1. The largest absolute Gasteiger partial charge is 0.493 e. The van der Waals surface area contributed by atoms with E-state index in [1.807, 2.05) is 4.90 Å². The number of rotatable bonds is 3. The molecule has 0 spiro atoms. The van der Waals surface area contributed by atoms with E-state index in [2.05, 4.69) is 36.1 Å². The summed E-state index contributed by atoms with van der Waals surface area (Å²) in [6.07, 6.45) is 0. The van der Waals surface area contributed by atoms with Gasteiger partial charge in [-0.05, 0) is 36.8 Å². The van der Waals surface area contributed by atoms with Gasteiger partial charge >= 0.3 is 0 Å². The Morgan fingerprint density at radius 1 is 1.04 bits per heavy atom. The highest BCUT2D eigenvalue weighted by Crippen LogP contribution is 2.40. The van der Waals surface area contributed by atoms with Crippen molar-refractivity contribution >= 4 is 11.6 Å². The van der Waals surface area contributed by atoms with Crippen LogP contribution in [0.4, 0.5) is 5.69 Å². The van der Waals surface area contributed by atoms with E-state index in [0.717, 1.165) is 13.1 Å². The lowest BCUT2D eigenvalue weighted by Crippen LogP contribution is -2.48. The standard InChI is InChI=1S/C21H24N2O4/c1-15-4-3-5-17(12-15)22-6-8-23(9-7-22)21(24)16-13-18(25-2)20-19(14-16)26-10-11-27-20/h3-5,12-14H,6-11H2,1-2H3. The van der Waals surface area contributed by atoms with E-state index >= 15 is 0 Å². The molecule has 27 heavy (non-hydrogen) atoms. The predicted octanol–water partition coefficient (Wildman–Crippen LogP) is 2.74. The van der Waals surface area contributed by atoms with Crippen LogP contribution in [0.15, 0.2) is 36.4 Å². The van der Waals surface area contributed by atoms with Crippen LogP contribution in [0.3, 0.4) is 0 Å². The molecule has 2 aliphatic rings. The molecule has 2 aliphatic heterocycles. The maximum atomic E-state index is 13.0. The number of hydrogen-bond acceptors (Lipinski definition) is 5. The summed E-state index contributed by atoms with van der Waals surface area (Å²) < 4.78 is 16.7. The van der Waals surface area contributed by atoms with Crippen molar-refractivity contribution in [3.63, 3.8) is 0 Å². The molecule has 1 saturated heterocycles. The van der Waals surface area contributed by atoms with Crippen molar-refractivity contribution in [1.82, 2.24) is 4.90 Å². The fourth-order valence-electron chi connectivity index (χ4n) is 3.57. The summed E-state index contributed by atoms with van der Waals surface area (Å²) in [4.78, 5) is 17.2. The molecule has 0 unspecified atom stereocenters. The van der Waals surface area contributed by atoms with E-state index in [0.29, 0.717) is 49.1 Å². The Morgan fingerprint density at radius 3 is 2.56 bits per heavy atom. The molecular weight excluding hydrogens is 344 g/mol. The van der Waals surface area contributed by atoms with Crippen LogP contribution in [-0.2, 0) is 0 Å². The minimum atomic E-state index is -0.00540. The average molecular weight is 368 g/mol. The van der Waals surface area contributed by atoms with Crippen molar-refractivity contribution in [2.45, 2.75) is 6.92 Å². The lowest BCUT2D eigenvalue weighted by Gasteiger charge is -2.36. The van der Waals surface area contributed by atoms with Gasteiger partial charge in [0.05, 0.1) is 7.11 Å². The Kier molecular flexibility index (Phi) is 4.79. The smallest absolute Gasteiger partial charge is 0.254 e. The number of amides is 1. The number of nitrogens with zero attached hydrogens (tertiary/aromatic N) is 2.